The topological polar surface area (TPSA) is 57.2 Å². The van der Waals surface area contributed by atoms with E-state index in [2.05, 4.69) is 0 Å². The summed E-state index contributed by atoms with van der Waals surface area (Å²) in [6.07, 6.45) is 0. The Labute approximate surface area is 138 Å². The largest absolute Gasteiger partial charge is 0.496 e. The van der Waals surface area contributed by atoms with Crippen LogP contribution in [0.1, 0.15) is 11.1 Å². The van der Waals surface area contributed by atoms with Gasteiger partial charge in [-0.15, -0.1) is 0 Å². The third-order valence-electron chi connectivity index (χ3n) is 3.79. The zero-order valence-corrected chi connectivity index (χ0v) is 13.9. The third kappa shape index (κ3) is 3.14. The van der Waals surface area contributed by atoms with Gasteiger partial charge in [0.15, 0.2) is 0 Å². The first kappa shape index (κ1) is 15.4. The van der Waals surface area contributed by atoms with E-state index in [1.54, 1.807) is 11.7 Å². The summed E-state index contributed by atoms with van der Waals surface area (Å²) in [5, 5.41) is 1.90. The first-order valence-corrected chi connectivity index (χ1v) is 8.14. The number of benzene rings is 2. The minimum Gasteiger partial charge on any atom is -0.496 e. The highest BCUT2D eigenvalue weighted by atomic mass is 32.1. The van der Waals surface area contributed by atoms with Crippen molar-refractivity contribution in [2.75, 3.05) is 12.8 Å². The third-order valence-corrected chi connectivity index (χ3v) is 4.56. The van der Waals surface area contributed by atoms with E-state index >= 15 is 0 Å². The smallest absolute Gasteiger partial charge is 0.307 e. The highest BCUT2D eigenvalue weighted by molar-refractivity contribution is 7.07. The van der Waals surface area contributed by atoms with Gasteiger partial charge in [-0.25, -0.2) is 0 Å². The molecule has 0 aliphatic rings. The number of thiazole rings is 1. The van der Waals surface area contributed by atoms with Crippen LogP contribution in [0, 0.1) is 6.92 Å². The molecule has 118 valence electrons. The zero-order valence-electron chi connectivity index (χ0n) is 13.1. The fourth-order valence-electron chi connectivity index (χ4n) is 2.55. The number of ether oxygens (including phenoxy) is 1. The summed E-state index contributed by atoms with van der Waals surface area (Å²) in [5.74, 6) is 0.844. The van der Waals surface area contributed by atoms with Gasteiger partial charge in [-0.2, -0.15) is 0 Å². The lowest BCUT2D eigenvalue weighted by Gasteiger charge is -2.10. The van der Waals surface area contributed by atoms with Gasteiger partial charge in [0.2, 0.25) is 0 Å². The second-order valence-corrected chi connectivity index (χ2v) is 6.22. The fourth-order valence-corrected chi connectivity index (χ4v) is 3.31. The summed E-state index contributed by atoms with van der Waals surface area (Å²) >= 11 is 1.22. The van der Waals surface area contributed by atoms with E-state index in [4.69, 9.17) is 10.5 Å². The maximum atomic E-state index is 12.2. The number of nitrogens with zero attached hydrogens (tertiary/aromatic N) is 1. The Bertz CT molecular complexity index is 879. The molecule has 0 aliphatic heterocycles. The van der Waals surface area contributed by atoms with Gasteiger partial charge >= 0.3 is 4.87 Å². The summed E-state index contributed by atoms with van der Waals surface area (Å²) < 4.78 is 7.09. The van der Waals surface area contributed by atoms with E-state index in [1.165, 1.54) is 11.3 Å². The molecule has 0 atom stereocenters. The van der Waals surface area contributed by atoms with Crippen LogP contribution >= 0.6 is 11.3 Å². The molecule has 0 unspecified atom stereocenters. The van der Waals surface area contributed by atoms with Crippen molar-refractivity contribution in [1.29, 1.82) is 0 Å². The minimum absolute atomic E-state index is 0.0327. The Morgan fingerprint density at radius 3 is 2.57 bits per heavy atom. The number of rotatable bonds is 4. The summed E-state index contributed by atoms with van der Waals surface area (Å²) in [7, 11) is 1.66. The van der Waals surface area contributed by atoms with Crippen molar-refractivity contribution in [3.63, 3.8) is 0 Å². The predicted molar refractivity (Wildman–Crippen MR) is 95.3 cm³/mol. The van der Waals surface area contributed by atoms with E-state index in [-0.39, 0.29) is 4.87 Å². The normalized spacial score (nSPS) is 10.7. The molecule has 4 nitrogen and oxygen atoms in total. The Hall–Kier alpha value is -2.53. The molecule has 3 rings (SSSR count). The number of methoxy groups -OCH3 is 1. The van der Waals surface area contributed by atoms with Gasteiger partial charge < -0.3 is 10.5 Å². The summed E-state index contributed by atoms with van der Waals surface area (Å²) in [6.45, 7) is 2.53. The number of nitrogens with two attached hydrogens (primary N) is 1. The Balaban J connectivity index is 2.00. The van der Waals surface area contributed by atoms with Crippen LogP contribution in [0.2, 0.25) is 0 Å². The van der Waals surface area contributed by atoms with Gasteiger partial charge in [0.25, 0.3) is 0 Å². The van der Waals surface area contributed by atoms with E-state index in [0.717, 1.165) is 33.8 Å². The summed E-state index contributed by atoms with van der Waals surface area (Å²) in [6, 6.07) is 13.5. The van der Waals surface area contributed by atoms with Crippen molar-refractivity contribution in [1.82, 2.24) is 4.57 Å². The fraction of sp³-hybridized carbons (Fsp3) is 0.167. The first-order chi connectivity index (χ1) is 11.1. The van der Waals surface area contributed by atoms with Gasteiger partial charge in [-0.1, -0.05) is 23.5 Å². The van der Waals surface area contributed by atoms with Crippen LogP contribution in [0.3, 0.4) is 0 Å². The summed E-state index contributed by atoms with van der Waals surface area (Å²) in [5.41, 5.74) is 10.5. The standard InChI is InChI=1S/C18H18N2O2S/c1-12-9-14(5-8-17(12)22-2)16-11-23-18(21)20(16)10-13-3-6-15(19)7-4-13/h3-9,11H,10,19H2,1-2H3. The number of hydrogen-bond donors (Lipinski definition) is 1. The second kappa shape index (κ2) is 6.30. The summed E-state index contributed by atoms with van der Waals surface area (Å²) in [4.78, 5) is 12.3. The van der Waals surface area contributed by atoms with Gasteiger partial charge in [0.1, 0.15) is 5.75 Å². The predicted octanol–water partition coefficient (Wildman–Crippen LogP) is 3.52. The maximum Gasteiger partial charge on any atom is 0.307 e. The van der Waals surface area contributed by atoms with Crippen molar-refractivity contribution in [2.24, 2.45) is 0 Å². The number of nitrogen functional groups attached to an aromatic ring is 1. The molecule has 0 saturated heterocycles. The molecule has 2 aromatic carbocycles. The van der Waals surface area contributed by atoms with Gasteiger partial charge in [0, 0.05) is 11.1 Å². The van der Waals surface area contributed by atoms with Crippen molar-refractivity contribution in [3.8, 4) is 17.0 Å². The van der Waals surface area contributed by atoms with E-state index < -0.39 is 0 Å². The van der Waals surface area contributed by atoms with Gasteiger partial charge in [-0.3, -0.25) is 9.36 Å². The molecular weight excluding hydrogens is 308 g/mol. The van der Waals surface area contributed by atoms with Crippen molar-refractivity contribution in [2.45, 2.75) is 13.5 Å². The molecule has 0 amide bonds. The SMILES string of the molecule is COc1ccc(-c2csc(=O)n2Cc2ccc(N)cc2)cc1C. The monoisotopic (exact) mass is 326 g/mol. The van der Waals surface area contributed by atoms with Crippen LogP contribution in [0.5, 0.6) is 5.75 Å². The van der Waals surface area contributed by atoms with Crippen molar-refractivity contribution >= 4 is 17.0 Å². The highest BCUT2D eigenvalue weighted by Crippen LogP contribution is 2.27. The number of aromatic nitrogens is 1. The van der Waals surface area contributed by atoms with E-state index in [1.807, 2.05) is 54.8 Å². The maximum absolute atomic E-state index is 12.2. The molecule has 2 N–H and O–H groups in total. The van der Waals surface area contributed by atoms with Gasteiger partial charge in [0.05, 0.1) is 19.3 Å². The number of hydrogen-bond acceptors (Lipinski definition) is 4. The molecule has 0 radical (unpaired) electrons. The highest BCUT2D eigenvalue weighted by Gasteiger charge is 2.11. The molecule has 23 heavy (non-hydrogen) atoms. The Morgan fingerprint density at radius 1 is 1.17 bits per heavy atom. The molecule has 1 aromatic heterocycles. The average molecular weight is 326 g/mol. The quantitative estimate of drug-likeness (QED) is 0.746. The van der Waals surface area contributed by atoms with Crippen LogP contribution in [-0.4, -0.2) is 11.7 Å². The van der Waals surface area contributed by atoms with Crippen molar-refractivity contribution in [3.05, 3.63) is 68.6 Å². The molecule has 1 heterocycles. The van der Waals surface area contributed by atoms with E-state index in [9.17, 15) is 4.79 Å². The molecule has 0 aliphatic carbocycles. The lowest BCUT2D eigenvalue weighted by Crippen LogP contribution is -2.15. The second-order valence-electron chi connectivity index (χ2n) is 5.40. The Morgan fingerprint density at radius 2 is 1.91 bits per heavy atom. The Kier molecular flexibility index (Phi) is 4.21. The van der Waals surface area contributed by atoms with Gasteiger partial charge in [-0.05, 0) is 53.9 Å². The number of aryl methyl sites for hydroxylation is 1. The van der Waals surface area contributed by atoms with Crippen LogP contribution in [0.4, 0.5) is 5.69 Å². The molecule has 3 aromatic rings. The molecular formula is C18H18N2O2S. The van der Waals surface area contributed by atoms with Crippen LogP contribution in [0.25, 0.3) is 11.3 Å². The average Bonchev–Trinajstić information content (AvgIpc) is 2.90. The lowest BCUT2D eigenvalue weighted by molar-refractivity contribution is 0.412. The van der Waals surface area contributed by atoms with Crippen LogP contribution in [0.15, 0.2) is 52.6 Å². The molecule has 0 bridgehead atoms. The number of anilines is 1. The van der Waals surface area contributed by atoms with Crippen LogP contribution < -0.4 is 15.3 Å². The van der Waals surface area contributed by atoms with Crippen molar-refractivity contribution < 1.29 is 4.74 Å². The van der Waals surface area contributed by atoms with E-state index in [0.29, 0.717) is 6.54 Å². The molecule has 0 spiro atoms. The lowest BCUT2D eigenvalue weighted by atomic mass is 10.1. The first-order valence-electron chi connectivity index (χ1n) is 7.26. The molecule has 0 fully saturated rings. The molecule has 5 heteroatoms. The van der Waals surface area contributed by atoms with Crippen LogP contribution in [-0.2, 0) is 6.54 Å². The minimum atomic E-state index is 0.0327. The zero-order chi connectivity index (χ0) is 16.4. The molecule has 0 saturated carbocycles.